The monoisotopic (exact) mass is 547 g/mol. The van der Waals surface area contributed by atoms with Crippen molar-refractivity contribution in [3.8, 4) is 11.3 Å². The SMILES string of the molecule is CC.CCCCCCCCCc1ccc(Nc2nc(-c3ccc(NC=O)c(CC)c3)cs2)cc1C(F)(F)F. The summed E-state index contributed by atoms with van der Waals surface area (Å²) in [7, 11) is 0. The van der Waals surface area contributed by atoms with Gasteiger partial charge in [0.05, 0.1) is 11.3 Å². The number of alkyl halides is 3. The Morgan fingerprint density at radius 3 is 2.29 bits per heavy atom. The first-order chi connectivity index (χ1) is 18.4. The van der Waals surface area contributed by atoms with Crippen LogP contribution in [0.4, 0.5) is 29.7 Å². The number of thiazole rings is 1. The third-order valence-electron chi connectivity index (χ3n) is 6.22. The molecule has 0 atom stereocenters. The predicted octanol–water partition coefficient (Wildman–Crippen LogP) is 10.0. The second kappa shape index (κ2) is 16.2. The van der Waals surface area contributed by atoms with E-state index in [1.807, 2.05) is 44.4 Å². The number of unbranched alkanes of at least 4 members (excludes halogenated alkanes) is 6. The van der Waals surface area contributed by atoms with Crippen LogP contribution in [0.15, 0.2) is 41.8 Å². The molecule has 3 aromatic rings. The Bertz CT molecular complexity index is 1130. The number of anilines is 3. The molecular weight excluding hydrogens is 507 g/mol. The van der Waals surface area contributed by atoms with Crippen LogP contribution >= 0.6 is 11.3 Å². The van der Waals surface area contributed by atoms with Crippen LogP contribution in [0.1, 0.15) is 89.3 Å². The number of hydrogen-bond donors (Lipinski definition) is 2. The molecule has 208 valence electrons. The highest BCUT2D eigenvalue weighted by atomic mass is 32.1. The molecule has 0 fully saturated rings. The standard InChI is InChI=1S/C28H34F3N3OS.C2H6/c1-3-5-6-7-8-9-10-11-21-12-14-23(17-24(21)28(29,30)31)33-27-34-26(18-36-27)22-13-15-25(32-19-35)20(4-2)16-22;1-2/h12-19H,3-11H2,1-2H3,(H,32,35)(H,33,34);1-2H3. The summed E-state index contributed by atoms with van der Waals surface area (Å²) in [5.41, 5.74) is 3.47. The molecule has 2 aromatic carbocycles. The van der Waals surface area contributed by atoms with Gasteiger partial charge in [0.25, 0.3) is 0 Å². The second-order valence-electron chi connectivity index (χ2n) is 8.89. The number of aromatic nitrogens is 1. The summed E-state index contributed by atoms with van der Waals surface area (Å²) < 4.78 is 41.4. The van der Waals surface area contributed by atoms with E-state index in [-0.39, 0.29) is 0 Å². The van der Waals surface area contributed by atoms with Crippen molar-refractivity contribution in [3.05, 3.63) is 58.5 Å². The highest BCUT2D eigenvalue weighted by molar-refractivity contribution is 7.14. The van der Waals surface area contributed by atoms with Crippen LogP contribution in [0.3, 0.4) is 0 Å². The average Bonchev–Trinajstić information content (AvgIpc) is 3.38. The van der Waals surface area contributed by atoms with E-state index in [0.29, 0.717) is 29.2 Å². The van der Waals surface area contributed by atoms with Crippen molar-refractivity contribution >= 4 is 34.3 Å². The zero-order chi connectivity index (χ0) is 28.0. The van der Waals surface area contributed by atoms with E-state index in [4.69, 9.17) is 0 Å². The van der Waals surface area contributed by atoms with Gasteiger partial charge in [-0.25, -0.2) is 4.98 Å². The summed E-state index contributed by atoms with van der Waals surface area (Å²) in [6, 6.07) is 10.1. The molecule has 0 radical (unpaired) electrons. The first kappa shape index (κ1) is 31.3. The number of amides is 1. The van der Waals surface area contributed by atoms with Crippen LogP contribution in [-0.4, -0.2) is 11.4 Å². The maximum atomic E-state index is 13.8. The van der Waals surface area contributed by atoms with Gasteiger partial charge in [0.15, 0.2) is 5.13 Å². The Labute approximate surface area is 229 Å². The fraction of sp³-hybridized carbons (Fsp3) is 0.467. The summed E-state index contributed by atoms with van der Waals surface area (Å²) in [5, 5.41) is 8.11. The first-order valence-electron chi connectivity index (χ1n) is 13.6. The number of benzene rings is 2. The maximum Gasteiger partial charge on any atom is 0.416 e. The van der Waals surface area contributed by atoms with Crippen molar-refractivity contribution in [1.29, 1.82) is 0 Å². The van der Waals surface area contributed by atoms with E-state index in [2.05, 4.69) is 22.5 Å². The van der Waals surface area contributed by atoms with Gasteiger partial charge < -0.3 is 10.6 Å². The zero-order valence-corrected chi connectivity index (χ0v) is 23.7. The van der Waals surface area contributed by atoms with Crippen LogP contribution in [0.2, 0.25) is 0 Å². The van der Waals surface area contributed by atoms with E-state index in [1.165, 1.54) is 36.7 Å². The fourth-order valence-electron chi connectivity index (χ4n) is 4.25. The molecule has 0 unspecified atom stereocenters. The number of carbonyl (C=O) groups excluding carboxylic acids is 1. The number of nitrogens with zero attached hydrogens (tertiary/aromatic N) is 1. The molecule has 3 rings (SSSR count). The van der Waals surface area contributed by atoms with Gasteiger partial charge in [-0.2, -0.15) is 13.2 Å². The van der Waals surface area contributed by atoms with Crippen LogP contribution in [0, 0.1) is 0 Å². The van der Waals surface area contributed by atoms with Crippen LogP contribution in [0.5, 0.6) is 0 Å². The van der Waals surface area contributed by atoms with Crippen molar-refractivity contribution in [2.45, 2.75) is 91.7 Å². The third-order valence-corrected chi connectivity index (χ3v) is 6.97. The Kier molecular flexibility index (Phi) is 13.3. The Balaban J connectivity index is 0.00000247. The molecule has 1 amide bonds. The van der Waals surface area contributed by atoms with Crippen LogP contribution in [-0.2, 0) is 23.8 Å². The van der Waals surface area contributed by atoms with E-state index in [0.717, 1.165) is 54.6 Å². The summed E-state index contributed by atoms with van der Waals surface area (Å²) in [4.78, 5) is 15.4. The summed E-state index contributed by atoms with van der Waals surface area (Å²) >= 11 is 1.33. The minimum absolute atomic E-state index is 0.345. The summed E-state index contributed by atoms with van der Waals surface area (Å²) in [5.74, 6) is 0. The topological polar surface area (TPSA) is 54.0 Å². The summed E-state index contributed by atoms with van der Waals surface area (Å²) in [6.07, 6.45) is 4.96. The average molecular weight is 548 g/mol. The van der Waals surface area contributed by atoms with Crippen molar-refractivity contribution in [2.24, 2.45) is 0 Å². The van der Waals surface area contributed by atoms with Gasteiger partial charge in [0, 0.05) is 22.3 Å². The largest absolute Gasteiger partial charge is 0.416 e. The van der Waals surface area contributed by atoms with Gasteiger partial charge in [-0.05, 0) is 54.7 Å². The molecule has 1 heterocycles. The lowest BCUT2D eigenvalue weighted by Gasteiger charge is -2.15. The molecule has 0 spiro atoms. The normalized spacial score (nSPS) is 11.0. The van der Waals surface area contributed by atoms with Gasteiger partial charge >= 0.3 is 6.18 Å². The number of rotatable bonds is 14. The minimum Gasteiger partial charge on any atom is -0.332 e. The molecule has 0 bridgehead atoms. The zero-order valence-electron chi connectivity index (χ0n) is 22.9. The number of nitrogens with one attached hydrogen (secondary N) is 2. The van der Waals surface area contributed by atoms with Crippen LogP contribution < -0.4 is 10.6 Å². The lowest BCUT2D eigenvalue weighted by molar-refractivity contribution is -0.138. The van der Waals surface area contributed by atoms with Gasteiger partial charge in [0.1, 0.15) is 0 Å². The van der Waals surface area contributed by atoms with Crippen molar-refractivity contribution in [1.82, 2.24) is 4.98 Å². The van der Waals surface area contributed by atoms with Crippen molar-refractivity contribution in [2.75, 3.05) is 10.6 Å². The van der Waals surface area contributed by atoms with Crippen molar-refractivity contribution < 1.29 is 18.0 Å². The first-order valence-corrected chi connectivity index (χ1v) is 14.5. The van der Waals surface area contributed by atoms with E-state index < -0.39 is 11.7 Å². The predicted molar refractivity (Wildman–Crippen MR) is 154 cm³/mol. The molecule has 8 heteroatoms. The molecular formula is C30H40F3N3OS. The van der Waals surface area contributed by atoms with Gasteiger partial charge in [-0.15, -0.1) is 11.3 Å². The number of hydrogen-bond acceptors (Lipinski definition) is 4. The van der Waals surface area contributed by atoms with E-state index in [1.54, 1.807) is 12.1 Å². The number of halogens is 3. The van der Waals surface area contributed by atoms with E-state index >= 15 is 0 Å². The maximum absolute atomic E-state index is 13.8. The van der Waals surface area contributed by atoms with Crippen LogP contribution in [0.25, 0.3) is 11.3 Å². The Hall–Kier alpha value is -2.87. The Morgan fingerprint density at radius 2 is 1.63 bits per heavy atom. The highest BCUT2D eigenvalue weighted by Crippen LogP contribution is 2.36. The highest BCUT2D eigenvalue weighted by Gasteiger charge is 2.33. The molecule has 4 nitrogen and oxygen atoms in total. The molecule has 1 aromatic heterocycles. The summed E-state index contributed by atoms with van der Waals surface area (Å²) in [6.45, 7) is 8.17. The van der Waals surface area contributed by atoms with E-state index in [9.17, 15) is 18.0 Å². The number of carbonyl (C=O) groups is 1. The molecule has 0 saturated heterocycles. The van der Waals surface area contributed by atoms with Gasteiger partial charge in [-0.1, -0.05) is 78.4 Å². The molecule has 2 N–H and O–H groups in total. The quantitative estimate of drug-likeness (QED) is 0.156. The number of aryl methyl sites for hydroxylation is 2. The molecule has 0 aliphatic heterocycles. The second-order valence-corrected chi connectivity index (χ2v) is 9.75. The lowest BCUT2D eigenvalue weighted by Crippen LogP contribution is -2.10. The minimum atomic E-state index is -4.41. The molecule has 0 aliphatic carbocycles. The van der Waals surface area contributed by atoms with Gasteiger partial charge in [0.2, 0.25) is 6.41 Å². The smallest absolute Gasteiger partial charge is 0.332 e. The molecule has 0 saturated carbocycles. The van der Waals surface area contributed by atoms with Gasteiger partial charge in [-0.3, -0.25) is 4.79 Å². The lowest BCUT2D eigenvalue weighted by atomic mass is 9.99. The Morgan fingerprint density at radius 1 is 0.921 bits per heavy atom. The van der Waals surface area contributed by atoms with Crippen molar-refractivity contribution in [3.63, 3.8) is 0 Å². The molecule has 0 aliphatic rings. The fourth-order valence-corrected chi connectivity index (χ4v) is 4.99. The molecule has 38 heavy (non-hydrogen) atoms. The third kappa shape index (κ3) is 9.46.